The van der Waals surface area contributed by atoms with Gasteiger partial charge < -0.3 is 54.1 Å². The average molecular weight is 527 g/mol. The molecule has 16 nitrogen and oxygen atoms in total. The van der Waals surface area contributed by atoms with Crippen LogP contribution < -0.4 is 38.9 Å². The number of nitrogens with two attached hydrogens (primary N) is 4. The monoisotopic (exact) mass is 526 g/mol. The molecule has 0 aliphatic carbocycles. The Balaban J connectivity index is 3.01. The van der Waals surface area contributed by atoms with Gasteiger partial charge in [0, 0.05) is 24.9 Å². The van der Waals surface area contributed by atoms with E-state index in [0.717, 1.165) is 0 Å². The van der Waals surface area contributed by atoms with Crippen molar-refractivity contribution in [2.75, 3.05) is 19.7 Å². The van der Waals surface area contributed by atoms with E-state index < -0.39 is 54.5 Å². The third-order valence-electron chi connectivity index (χ3n) is 5.29. The van der Waals surface area contributed by atoms with Gasteiger partial charge in [-0.15, -0.1) is 0 Å². The molecule has 0 aliphatic heterocycles. The molecular formula is C21H38N10O6. The number of rotatable bonds is 18. The zero-order chi connectivity index (χ0) is 27.8. The number of aliphatic hydroxyl groups excluding tert-OH is 1. The van der Waals surface area contributed by atoms with Gasteiger partial charge in [0.1, 0.15) is 24.2 Å². The van der Waals surface area contributed by atoms with Gasteiger partial charge >= 0.3 is 5.97 Å². The number of carboxylic acid groups (broad SMARTS) is 1. The lowest BCUT2D eigenvalue weighted by Crippen LogP contribution is -2.58. The molecule has 4 unspecified atom stereocenters. The molecule has 0 aromatic carbocycles. The van der Waals surface area contributed by atoms with Crippen molar-refractivity contribution in [1.29, 1.82) is 0 Å². The van der Waals surface area contributed by atoms with Gasteiger partial charge in [-0.05, 0) is 38.6 Å². The number of unbranched alkanes of at least 4 members (excludes halogenated alkanes) is 1. The number of imidazole rings is 1. The quantitative estimate of drug-likeness (QED) is 0.0499. The van der Waals surface area contributed by atoms with Crippen molar-refractivity contribution in [2.24, 2.45) is 27.9 Å². The highest BCUT2D eigenvalue weighted by atomic mass is 16.4. The number of carbonyl (C=O) groups is 4. The molecule has 0 fully saturated rings. The number of amides is 3. The number of hydrogen-bond acceptors (Lipinski definition) is 9. The molecule has 1 heterocycles. The number of hydrogen-bond donors (Lipinski definition) is 10. The summed E-state index contributed by atoms with van der Waals surface area (Å²) >= 11 is 0. The normalized spacial score (nSPS) is 14.0. The summed E-state index contributed by atoms with van der Waals surface area (Å²) in [6.45, 7) is -0.0624. The molecule has 0 saturated heterocycles. The Labute approximate surface area is 214 Å². The highest BCUT2D eigenvalue weighted by Crippen LogP contribution is 2.06. The Kier molecular flexibility index (Phi) is 14.2. The number of nitrogens with one attached hydrogen (secondary N) is 4. The van der Waals surface area contributed by atoms with Crippen molar-refractivity contribution in [3.8, 4) is 0 Å². The standard InChI is InChI=1S/C21H38N10O6/c22-6-2-1-4-14(29-17(33)13(23)10-32)18(34)31-16(8-12-9-26-11-28-12)19(35)30-15(20(36)37)5-3-7-27-21(24)25/h9,11,13-16,32H,1-8,10,22-23H2,(H,26,28)(H,29,33)(H,30,35)(H,31,34)(H,36,37)(H4,24,25,27). The lowest BCUT2D eigenvalue weighted by molar-refractivity contribution is -0.142. The number of aromatic amines is 1. The lowest BCUT2D eigenvalue weighted by Gasteiger charge is -2.25. The van der Waals surface area contributed by atoms with Gasteiger partial charge in [0.15, 0.2) is 5.96 Å². The maximum Gasteiger partial charge on any atom is 0.326 e. The fourth-order valence-electron chi connectivity index (χ4n) is 3.25. The summed E-state index contributed by atoms with van der Waals surface area (Å²) in [4.78, 5) is 60.6. The van der Waals surface area contributed by atoms with Crippen molar-refractivity contribution in [3.63, 3.8) is 0 Å². The van der Waals surface area contributed by atoms with E-state index in [1.165, 1.54) is 12.5 Å². The summed E-state index contributed by atoms with van der Waals surface area (Å²) in [5.74, 6) is -3.58. The Morgan fingerprint density at radius 3 is 2.16 bits per heavy atom. The van der Waals surface area contributed by atoms with Gasteiger partial charge in [0.05, 0.1) is 12.9 Å². The summed E-state index contributed by atoms with van der Waals surface area (Å²) in [6.07, 6.45) is 4.43. The van der Waals surface area contributed by atoms with Crippen LogP contribution >= 0.6 is 0 Å². The number of aliphatic hydroxyl groups is 1. The minimum Gasteiger partial charge on any atom is -0.480 e. The zero-order valence-electron chi connectivity index (χ0n) is 20.6. The van der Waals surface area contributed by atoms with E-state index in [2.05, 4.69) is 30.9 Å². The molecule has 1 aromatic rings. The van der Waals surface area contributed by atoms with Crippen LogP contribution in [0.2, 0.25) is 0 Å². The van der Waals surface area contributed by atoms with E-state index in [0.29, 0.717) is 25.1 Å². The van der Waals surface area contributed by atoms with E-state index in [4.69, 9.17) is 28.0 Å². The minimum absolute atomic E-state index is 0.0302. The predicted molar refractivity (Wildman–Crippen MR) is 134 cm³/mol. The first-order valence-corrected chi connectivity index (χ1v) is 11.8. The number of guanidine groups is 1. The SMILES string of the molecule is NCCCCC(NC(=O)C(N)CO)C(=O)NC(Cc1cnc[nH]1)C(=O)NC(CCCN=C(N)N)C(=O)O. The highest BCUT2D eigenvalue weighted by Gasteiger charge is 2.30. The Hall–Kier alpha value is -3.76. The van der Waals surface area contributed by atoms with Crippen molar-refractivity contribution >= 4 is 29.7 Å². The topological polar surface area (TPSA) is 290 Å². The molecule has 1 rings (SSSR count). The molecule has 0 saturated carbocycles. The summed E-state index contributed by atoms with van der Waals surface area (Å²) < 4.78 is 0. The first-order chi connectivity index (χ1) is 17.6. The molecule has 4 atom stereocenters. The van der Waals surface area contributed by atoms with E-state index in [9.17, 15) is 24.3 Å². The minimum atomic E-state index is -1.27. The maximum atomic E-state index is 13.1. The van der Waals surface area contributed by atoms with Gasteiger partial charge in [-0.2, -0.15) is 0 Å². The second kappa shape index (κ2) is 16.8. The Bertz CT molecular complexity index is 890. The van der Waals surface area contributed by atoms with E-state index in [-0.39, 0.29) is 38.2 Å². The van der Waals surface area contributed by atoms with Crippen molar-refractivity contribution in [2.45, 2.75) is 62.7 Å². The van der Waals surface area contributed by atoms with Gasteiger partial charge in [-0.3, -0.25) is 19.4 Å². The number of aliphatic carboxylic acids is 1. The molecule has 3 amide bonds. The van der Waals surface area contributed by atoms with E-state index in [1.54, 1.807) is 0 Å². The number of aliphatic imine (C=N–C) groups is 1. The first kappa shape index (κ1) is 31.3. The lowest BCUT2D eigenvalue weighted by atomic mass is 10.1. The number of H-pyrrole nitrogens is 1. The fraction of sp³-hybridized carbons (Fsp3) is 0.619. The molecule has 1 aromatic heterocycles. The number of carboxylic acids is 1. The summed E-state index contributed by atoms with van der Waals surface area (Å²) in [5.41, 5.74) is 22.1. The summed E-state index contributed by atoms with van der Waals surface area (Å²) in [5, 5.41) is 26.2. The summed E-state index contributed by atoms with van der Waals surface area (Å²) in [6, 6.07) is -4.76. The molecular weight excluding hydrogens is 488 g/mol. The average Bonchev–Trinajstić information content (AvgIpc) is 3.36. The zero-order valence-corrected chi connectivity index (χ0v) is 20.6. The molecule has 0 aliphatic rings. The third-order valence-corrected chi connectivity index (χ3v) is 5.29. The molecule has 0 spiro atoms. The molecule has 208 valence electrons. The Morgan fingerprint density at radius 1 is 0.973 bits per heavy atom. The van der Waals surface area contributed by atoms with Gasteiger partial charge in [-0.1, -0.05) is 0 Å². The summed E-state index contributed by atoms with van der Waals surface area (Å²) in [7, 11) is 0. The van der Waals surface area contributed by atoms with E-state index >= 15 is 0 Å². The van der Waals surface area contributed by atoms with Gasteiger partial charge in [0.25, 0.3) is 0 Å². The largest absolute Gasteiger partial charge is 0.480 e. The van der Waals surface area contributed by atoms with Crippen LogP contribution in [0, 0.1) is 0 Å². The van der Waals surface area contributed by atoms with Crippen LogP contribution in [0.1, 0.15) is 37.8 Å². The van der Waals surface area contributed by atoms with Crippen molar-refractivity contribution in [3.05, 3.63) is 18.2 Å². The van der Waals surface area contributed by atoms with Crippen LogP contribution in [0.3, 0.4) is 0 Å². The van der Waals surface area contributed by atoms with Crippen LogP contribution in [0.15, 0.2) is 17.5 Å². The van der Waals surface area contributed by atoms with Gasteiger partial charge in [-0.25, -0.2) is 9.78 Å². The maximum absolute atomic E-state index is 13.1. The molecule has 14 N–H and O–H groups in total. The fourth-order valence-corrected chi connectivity index (χ4v) is 3.25. The van der Waals surface area contributed by atoms with Crippen LogP contribution in [0.4, 0.5) is 0 Å². The molecule has 37 heavy (non-hydrogen) atoms. The smallest absolute Gasteiger partial charge is 0.326 e. The van der Waals surface area contributed by atoms with Gasteiger partial charge in [0.2, 0.25) is 17.7 Å². The van der Waals surface area contributed by atoms with Crippen molar-refractivity contribution < 1.29 is 29.4 Å². The third kappa shape index (κ3) is 12.2. The van der Waals surface area contributed by atoms with Crippen LogP contribution in [-0.4, -0.2) is 93.7 Å². The van der Waals surface area contributed by atoms with Crippen LogP contribution in [0.5, 0.6) is 0 Å². The highest BCUT2D eigenvalue weighted by molar-refractivity contribution is 5.94. The first-order valence-electron chi connectivity index (χ1n) is 11.8. The molecule has 0 radical (unpaired) electrons. The molecule has 16 heteroatoms. The Morgan fingerprint density at radius 2 is 1.59 bits per heavy atom. The van der Waals surface area contributed by atoms with Crippen LogP contribution in [-0.2, 0) is 25.6 Å². The second-order valence-electron chi connectivity index (χ2n) is 8.33. The predicted octanol–water partition coefficient (Wildman–Crippen LogP) is -4.01. The number of nitrogens with zero attached hydrogens (tertiary/aromatic N) is 2. The number of aromatic nitrogens is 2. The van der Waals surface area contributed by atoms with Crippen LogP contribution in [0.25, 0.3) is 0 Å². The number of carbonyl (C=O) groups excluding carboxylic acids is 3. The van der Waals surface area contributed by atoms with Crippen molar-refractivity contribution in [1.82, 2.24) is 25.9 Å². The van der Waals surface area contributed by atoms with E-state index in [1.807, 2.05) is 0 Å². The second-order valence-corrected chi connectivity index (χ2v) is 8.33. The molecule has 0 bridgehead atoms.